The van der Waals surface area contributed by atoms with Gasteiger partial charge in [-0.3, -0.25) is 4.99 Å². The fourth-order valence-corrected chi connectivity index (χ4v) is 4.12. The highest BCUT2D eigenvalue weighted by Gasteiger charge is 2.41. The van der Waals surface area contributed by atoms with E-state index in [0.717, 1.165) is 50.9 Å². The van der Waals surface area contributed by atoms with Crippen molar-refractivity contribution in [3.63, 3.8) is 0 Å². The molecule has 0 saturated carbocycles. The van der Waals surface area contributed by atoms with Crippen molar-refractivity contribution in [2.24, 2.45) is 4.99 Å². The lowest BCUT2D eigenvalue weighted by molar-refractivity contribution is 0.0529. The Morgan fingerprint density at radius 1 is 1.42 bits per heavy atom. The average Bonchev–Trinajstić information content (AvgIpc) is 3.28. The molecule has 0 spiro atoms. The third kappa shape index (κ3) is 3.94. The Morgan fingerprint density at radius 2 is 2.35 bits per heavy atom. The summed E-state index contributed by atoms with van der Waals surface area (Å²) in [5.74, 6) is 1.86. The lowest BCUT2D eigenvalue weighted by Crippen LogP contribution is -2.47. The summed E-state index contributed by atoms with van der Waals surface area (Å²) in [5.41, 5.74) is 1.20. The molecule has 1 aromatic heterocycles. The fraction of sp³-hybridized carbons (Fsp3) is 0.684. The van der Waals surface area contributed by atoms with E-state index in [1.165, 1.54) is 12.0 Å². The second-order valence-electron chi connectivity index (χ2n) is 7.44. The molecule has 4 atom stereocenters. The SMILES string of the molecule is CN=C(NCc1ccnc(N2CCOC(C)C2)c1)NC1CC2CCC1O2. The van der Waals surface area contributed by atoms with Crippen molar-refractivity contribution >= 4 is 11.8 Å². The van der Waals surface area contributed by atoms with Crippen LogP contribution in [-0.2, 0) is 16.0 Å². The Kier molecular flexibility index (Phi) is 5.26. The van der Waals surface area contributed by atoms with Gasteiger partial charge < -0.3 is 25.0 Å². The average molecular weight is 359 g/mol. The topological polar surface area (TPSA) is 71.0 Å². The minimum absolute atomic E-state index is 0.249. The molecule has 0 aromatic carbocycles. The fourth-order valence-electron chi connectivity index (χ4n) is 4.12. The molecule has 142 valence electrons. The number of morpholine rings is 1. The number of aromatic nitrogens is 1. The molecule has 3 aliphatic rings. The Balaban J connectivity index is 1.32. The van der Waals surface area contributed by atoms with Gasteiger partial charge in [-0.2, -0.15) is 0 Å². The lowest BCUT2D eigenvalue weighted by Gasteiger charge is -2.32. The van der Waals surface area contributed by atoms with E-state index in [0.29, 0.717) is 18.2 Å². The number of fused-ring (bicyclic) bond motifs is 2. The zero-order valence-electron chi connectivity index (χ0n) is 15.6. The maximum atomic E-state index is 5.92. The molecule has 4 unspecified atom stereocenters. The maximum Gasteiger partial charge on any atom is 0.191 e. The van der Waals surface area contributed by atoms with Crippen molar-refractivity contribution in [1.29, 1.82) is 0 Å². The van der Waals surface area contributed by atoms with Gasteiger partial charge in [-0.15, -0.1) is 0 Å². The van der Waals surface area contributed by atoms with Crippen LogP contribution in [-0.4, -0.2) is 62.0 Å². The summed E-state index contributed by atoms with van der Waals surface area (Å²) < 4.78 is 11.5. The third-order valence-electron chi connectivity index (χ3n) is 5.49. The van der Waals surface area contributed by atoms with E-state index in [2.05, 4.69) is 38.5 Å². The highest BCUT2D eigenvalue weighted by Crippen LogP contribution is 2.34. The largest absolute Gasteiger partial charge is 0.375 e. The number of hydrogen-bond acceptors (Lipinski definition) is 5. The van der Waals surface area contributed by atoms with Crippen molar-refractivity contribution in [1.82, 2.24) is 15.6 Å². The van der Waals surface area contributed by atoms with Gasteiger partial charge in [-0.25, -0.2) is 4.98 Å². The second-order valence-corrected chi connectivity index (χ2v) is 7.44. The standard InChI is InChI=1S/C19H29N5O2/c1-13-12-24(7-8-25-13)18-9-14(5-6-21-18)11-22-19(20-2)23-16-10-15-3-4-17(16)26-15/h5-6,9,13,15-17H,3-4,7-8,10-12H2,1-2H3,(H2,20,22,23). The molecule has 7 heteroatoms. The molecule has 1 aromatic rings. The highest BCUT2D eigenvalue weighted by atomic mass is 16.5. The van der Waals surface area contributed by atoms with Gasteiger partial charge in [0.05, 0.1) is 31.0 Å². The van der Waals surface area contributed by atoms with Crippen LogP contribution in [0.5, 0.6) is 0 Å². The number of ether oxygens (including phenoxy) is 2. The van der Waals surface area contributed by atoms with E-state index >= 15 is 0 Å². The summed E-state index contributed by atoms with van der Waals surface area (Å²) in [6.45, 7) is 5.36. The van der Waals surface area contributed by atoms with E-state index in [4.69, 9.17) is 9.47 Å². The van der Waals surface area contributed by atoms with Crippen molar-refractivity contribution in [2.45, 2.75) is 57.1 Å². The predicted molar refractivity (Wildman–Crippen MR) is 101 cm³/mol. The van der Waals surface area contributed by atoms with Crippen LogP contribution in [0.3, 0.4) is 0 Å². The van der Waals surface area contributed by atoms with Crippen LogP contribution in [0, 0.1) is 0 Å². The summed E-state index contributed by atoms with van der Waals surface area (Å²) >= 11 is 0. The van der Waals surface area contributed by atoms with Crippen molar-refractivity contribution in [3.05, 3.63) is 23.9 Å². The van der Waals surface area contributed by atoms with Crippen LogP contribution < -0.4 is 15.5 Å². The number of pyridine rings is 1. The summed E-state index contributed by atoms with van der Waals surface area (Å²) in [4.78, 5) is 11.2. The van der Waals surface area contributed by atoms with E-state index < -0.39 is 0 Å². The van der Waals surface area contributed by atoms with Crippen molar-refractivity contribution < 1.29 is 9.47 Å². The van der Waals surface area contributed by atoms with Crippen LogP contribution in [0.2, 0.25) is 0 Å². The normalized spacial score (nSPS) is 31.3. The Labute approximate surface area is 155 Å². The van der Waals surface area contributed by atoms with E-state index in [1.807, 2.05) is 19.3 Å². The molecule has 3 fully saturated rings. The van der Waals surface area contributed by atoms with Crippen LogP contribution in [0.4, 0.5) is 5.82 Å². The summed E-state index contributed by atoms with van der Waals surface area (Å²) in [6, 6.07) is 4.58. The molecule has 7 nitrogen and oxygen atoms in total. The third-order valence-corrected chi connectivity index (χ3v) is 5.49. The lowest BCUT2D eigenvalue weighted by atomic mass is 9.96. The number of hydrogen-bond donors (Lipinski definition) is 2. The Bertz CT molecular complexity index is 653. The number of rotatable bonds is 4. The van der Waals surface area contributed by atoms with Gasteiger partial charge in [-0.05, 0) is 43.9 Å². The molecule has 4 rings (SSSR count). The number of anilines is 1. The summed E-state index contributed by atoms with van der Waals surface area (Å²) in [7, 11) is 1.82. The first-order chi connectivity index (χ1) is 12.7. The van der Waals surface area contributed by atoms with Crippen LogP contribution in [0.1, 0.15) is 31.7 Å². The zero-order chi connectivity index (χ0) is 17.9. The molecular weight excluding hydrogens is 330 g/mol. The van der Waals surface area contributed by atoms with Crippen molar-refractivity contribution in [2.75, 3.05) is 31.6 Å². The molecule has 26 heavy (non-hydrogen) atoms. The van der Waals surface area contributed by atoms with Crippen LogP contribution in [0.15, 0.2) is 23.3 Å². The molecule has 3 saturated heterocycles. The quantitative estimate of drug-likeness (QED) is 0.624. The molecule has 2 bridgehead atoms. The van der Waals surface area contributed by atoms with E-state index in [-0.39, 0.29) is 6.10 Å². The molecule has 4 heterocycles. The van der Waals surface area contributed by atoms with Gasteiger partial charge in [0, 0.05) is 32.9 Å². The first-order valence-electron chi connectivity index (χ1n) is 9.65. The van der Waals surface area contributed by atoms with Crippen LogP contribution in [0.25, 0.3) is 0 Å². The molecular formula is C19H29N5O2. The summed E-state index contributed by atoms with van der Waals surface area (Å²) in [5, 5.41) is 6.95. The van der Waals surface area contributed by atoms with Gasteiger partial charge in [-0.1, -0.05) is 0 Å². The molecule has 0 aliphatic carbocycles. The van der Waals surface area contributed by atoms with Gasteiger partial charge in [0.15, 0.2) is 5.96 Å². The minimum atomic E-state index is 0.249. The maximum absolute atomic E-state index is 5.92. The van der Waals surface area contributed by atoms with Crippen LogP contribution >= 0.6 is 0 Å². The first kappa shape index (κ1) is 17.5. The number of nitrogens with one attached hydrogen (secondary N) is 2. The zero-order valence-corrected chi connectivity index (χ0v) is 15.6. The molecule has 0 radical (unpaired) electrons. The van der Waals surface area contributed by atoms with E-state index in [9.17, 15) is 0 Å². The first-order valence-corrected chi connectivity index (χ1v) is 9.65. The monoisotopic (exact) mass is 359 g/mol. The minimum Gasteiger partial charge on any atom is -0.375 e. The van der Waals surface area contributed by atoms with Gasteiger partial charge >= 0.3 is 0 Å². The van der Waals surface area contributed by atoms with Crippen molar-refractivity contribution in [3.8, 4) is 0 Å². The van der Waals surface area contributed by atoms with Gasteiger partial charge in [0.2, 0.25) is 0 Å². The second kappa shape index (κ2) is 7.80. The highest BCUT2D eigenvalue weighted by molar-refractivity contribution is 5.80. The number of aliphatic imine (C=N–C) groups is 1. The predicted octanol–water partition coefficient (Wildman–Crippen LogP) is 1.29. The molecule has 0 amide bonds. The van der Waals surface area contributed by atoms with E-state index in [1.54, 1.807) is 0 Å². The molecule has 3 aliphatic heterocycles. The Hall–Kier alpha value is -1.86. The Morgan fingerprint density at radius 3 is 3.08 bits per heavy atom. The smallest absolute Gasteiger partial charge is 0.191 e. The molecule has 2 N–H and O–H groups in total. The van der Waals surface area contributed by atoms with Gasteiger partial charge in [0.25, 0.3) is 0 Å². The van der Waals surface area contributed by atoms with Gasteiger partial charge in [0.1, 0.15) is 5.82 Å². The number of guanidine groups is 1. The summed E-state index contributed by atoms with van der Waals surface area (Å²) in [6.07, 6.45) is 6.36. The number of nitrogens with zero attached hydrogens (tertiary/aromatic N) is 3.